The molecule has 4 nitrogen and oxygen atoms in total. The van der Waals surface area contributed by atoms with Crippen LogP contribution in [0.25, 0.3) is 6.08 Å². The average molecular weight is 427 g/mol. The summed E-state index contributed by atoms with van der Waals surface area (Å²) < 4.78 is 11.2. The maximum absolute atomic E-state index is 12.0. The van der Waals surface area contributed by atoms with Gasteiger partial charge in [-0.1, -0.05) is 29.3 Å². The molecule has 0 amide bonds. The van der Waals surface area contributed by atoms with Gasteiger partial charge in [-0.05, 0) is 57.9 Å². The molecule has 0 atom stereocenters. The molecule has 122 valence electrons. The molecule has 0 bridgehead atoms. The first-order valence-electron chi connectivity index (χ1n) is 6.79. The number of aliphatic imine (C=N–C) groups is 1. The summed E-state index contributed by atoms with van der Waals surface area (Å²) in [4.78, 5) is 16.3. The fourth-order valence-corrected chi connectivity index (χ4v) is 2.94. The van der Waals surface area contributed by atoms with Crippen LogP contribution in [0, 0.1) is 0 Å². The zero-order valence-electron chi connectivity index (χ0n) is 12.3. The zero-order valence-corrected chi connectivity index (χ0v) is 15.4. The molecule has 0 radical (unpaired) electrons. The van der Waals surface area contributed by atoms with Crippen LogP contribution in [0.3, 0.4) is 0 Å². The summed E-state index contributed by atoms with van der Waals surface area (Å²) >= 11 is 15.2. The Bertz CT molecular complexity index is 893. The van der Waals surface area contributed by atoms with E-state index in [1.54, 1.807) is 49.6 Å². The van der Waals surface area contributed by atoms with E-state index in [1.807, 2.05) is 0 Å². The van der Waals surface area contributed by atoms with Crippen LogP contribution in [-0.2, 0) is 9.53 Å². The van der Waals surface area contributed by atoms with Crippen LogP contribution in [-0.4, -0.2) is 19.0 Å². The van der Waals surface area contributed by atoms with Crippen molar-refractivity contribution in [3.05, 3.63) is 67.7 Å². The number of rotatable bonds is 3. The summed E-state index contributed by atoms with van der Waals surface area (Å²) in [5.74, 6) is 0.382. The predicted molar refractivity (Wildman–Crippen MR) is 97.8 cm³/mol. The number of methoxy groups -OCH3 is 1. The first-order chi connectivity index (χ1) is 11.5. The minimum absolute atomic E-state index is 0.190. The van der Waals surface area contributed by atoms with Crippen LogP contribution in [0.5, 0.6) is 5.75 Å². The van der Waals surface area contributed by atoms with Gasteiger partial charge in [-0.15, -0.1) is 0 Å². The molecule has 1 aliphatic heterocycles. The molecule has 7 heteroatoms. The number of ether oxygens (including phenoxy) is 2. The molecule has 0 fully saturated rings. The summed E-state index contributed by atoms with van der Waals surface area (Å²) in [6, 6.07) is 10.3. The molecule has 0 saturated carbocycles. The number of esters is 1. The van der Waals surface area contributed by atoms with Gasteiger partial charge < -0.3 is 9.47 Å². The van der Waals surface area contributed by atoms with Gasteiger partial charge in [0.15, 0.2) is 5.70 Å². The molecule has 1 aliphatic rings. The summed E-state index contributed by atoms with van der Waals surface area (Å²) in [6.45, 7) is 0. The van der Waals surface area contributed by atoms with Crippen molar-refractivity contribution in [2.24, 2.45) is 4.99 Å². The zero-order chi connectivity index (χ0) is 17.3. The van der Waals surface area contributed by atoms with E-state index in [0.717, 1.165) is 4.47 Å². The molecule has 0 aliphatic carbocycles. The molecule has 0 spiro atoms. The Labute approximate surface area is 156 Å². The molecule has 2 aromatic carbocycles. The monoisotopic (exact) mass is 425 g/mol. The molecule has 0 N–H and O–H groups in total. The number of halogens is 3. The Morgan fingerprint density at radius 3 is 2.62 bits per heavy atom. The number of benzene rings is 2. The molecule has 2 aromatic rings. The van der Waals surface area contributed by atoms with Gasteiger partial charge in [0.25, 0.3) is 0 Å². The normalized spacial score (nSPS) is 15.4. The quantitative estimate of drug-likeness (QED) is 0.506. The fraction of sp³-hybridized carbons (Fsp3) is 0.0588. The highest BCUT2D eigenvalue weighted by Gasteiger charge is 2.24. The third-order valence-electron chi connectivity index (χ3n) is 3.27. The highest BCUT2D eigenvalue weighted by molar-refractivity contribution is 9.10. The molecule has 24 heavy (non-hydrogen) atoms. The number of hydrogen-bond donors (Lipinski definition) is 0. The molecular weight excluding hydrogens is 417 g/mol. The lowest BCUT2D eigenvalue weighted by Gasteiger charge is -2.05. The highest BCUT2D eigenvalue weighted by atomic mass is 79.9. The SMILES string of the molecule is COc1ccc(C2=NC(=Cc3ccc(Cl)c(Cl)c3)C(=O)O2)cc1Br. The van der Waals surface area contributed by atoms with Gasteiger partial charge in [0.1, 0.15) is 5.75 Å². The summed E-state index contributed by atoms with van der Waals surface area (Å²) in [6.07, 6.45) is 1.59. The maximum Gasteiger partial charge on any atom is 0.363 e. The first-order valence-corrected chi connectivity index (χ1v) is 8.34. The number of carbonyl (C=O) groups is 1. The number of carbonyl (C=O) groups excluding carboxylic acids is 1. The number of hydrogen-bond acceptors (Lipinski definition) is 4. The van der Waals surface area contributed by atoms with E-state index in [2.05, 4.69) is 20.9 Å². The molecule has 3 rings (SSSR count). The minimum atomic E-state index is -0.525. The van der Waals surface area contributed by atoms with E-state index in [9.17, 15) is 4.79 Å². The van der Waals surface area contributed by atoms with E-state index in [0.29, 0.717) is 26.9 Å². The maximum atomic E-state index is 12.0. The van der Waals surface area contributed by atoms with Crippen LogP contribution in [0.1, 0.15) is 11.1 Å². The lowest BCUT2D eigenvalue weighted by atomic mass is 10.2. The smallest absolute Gasteiger partial charge is 0.363 e. The van der Waals surface area contributed by atoms with E-state index in [-0.39, 0.29) is 11.6 Å². The Morgan fingerprint density at radius 1 is 1.17 bits per heavy atom. The predicted octanol–water partition coefficient (Wildman–Crippen LogP) is 5.11. The van der Waals surface area contributed by atoms with Gasteiger partial charge in [0, 0.05) is 5.56 Å². The summed E-state index contributed by atoms with van der Waals surface area (Å²) in [5.41, 5.74) is 1.56. The number of nitrogens with zero attached hydrogens (tertiary/aromatic N) is 1. The van der Waals surface area contributed by atoms with Crippen LogP contribution >= 0.6 is 39.1 Å². The van der Waals surface area contributed by atoms with Crippen molar-refractivity contribution < 1.29 is 14.3 Å². The largest absolute Gasteiger partial charge is 0.496 e. The standard InChI is InChI=1S/C17H10BrCl2NO3/c1-23-15-5-3-10(8-11(15)18)16-21-14(17(22)24-16)7-9-2-4-12(19)13(20)6-9/h2-8H,1H3. The third-order valence-corrected chi connectivity index (χ3v) is 4.63. The van der Waals surface area contributed by atoms with Gasteiger partial charge in [0.05, 0.1) is 21.6 Å². The second kappa shape index (κ2) is 6.97. The van der Waals surface area contributed by atoms with Gasteiger partial charge in [-0.2, -0.15) is 0 Å². The second-order valence-corrected chi connectivity index (χ2v) is 6.53. The Kier molecular flexibility index (Phi) is 4.94. The minimum Gasteiger partial charge on any atom is -0.496 e. The van der Waals surface area contributed by atoms with Crippen molar-refractivity contribution in [1.82, 2.24) is 0 Å². The van der Waals surface area contributed by atoms with Crippen LogP contribution in [0.4, 0.5) is 0 Å². The third kappa shape index (κ3) is 3.48. The van der Waals surface area contributed by atoms with Gasteiger partial charge in [-0.25, -0.2) is 9.79 Å². The Balaban J connectivity index is 1.94. The summed E-state index contributed by atoms with van der Waals surface area (Å²) in [7, 11) is 1.57. The van der Waals surface area contributed by atoms with Gasteiger partial charge >= 0.3 is 5.97 Å². The van der Waals surface area contributed by atoms with Crippen LogP contribution in [0.2, 0.25) is 10.0 Å². The molecule has 0 saturated heterocycles. The fourth-order valence-electron chi connectivity index (χ4n) is 2.09. The number of cyclic esters (lactones) is 1. The lowest BCUT2D eigenvalue weighted by Crippen LogP contribution is -2.05. The van der Waals surface area contributed by atoms with Gasteiger partial charge in [0.2, 0.25) is 5.90 Å². The second-order valence-electron chi connectivity index (χ2n) is 4.86. The Hall–Kier alpha value is -1.82. The molecule has 1 heterocycles. The van der Waals surface area contributed by atoms with E-state index in [4.69, 9.17) is 32.7 Å². The Morgan fingerprint density at radius 2 is 1.96 bits per heavy atom. The molecule has 0 aromatic heterocycles. The van der Waals surface area contributed by atoms with E-state index < -0.39 is 5.97 Å². The molecule has 0 unspecified atom stereocenters. The lowest BCUT2D eigenvalue weighted by molar-refractivity contribution is -0.129. The van der Waals surface area contributed by atoms with Crippen molar-refractivity contribution in [2.45, 2.75) is 0 Å². The van der Waals surface area contributed by atoms with E-state index in [1.165, 1.54) is 0 Å². The van der Waals surface area contributed by atoms with E-state index >= 15 is 0 Å². The van der Waals surface area contributed by atoms with Crippen molar-refractivity contribution in [3.63, 3.8) is 0 Å². The topological polar surface area (TPSA) is 47.9 Å². The summed E-state index contributed by atoms with van der Waals surface area (Å²) in [5, 5.41) is 0.848. The van der Waals surface area contributed by atoms with Crippen LogP contribution in [0.15, 0.2) is 51.6 Å². The van der Waals surface area contributed by atoms with Crippen LogP contribution < -0.4 is 4.74 Å². The average Bonchev–Trinajstić information content (AvgIpc) is 2.92. The highest BCUT2D eigenvalue weighted by Crippen LogP contribution is 2.28. The van der Waals surface area contributed by atoms with Crippen molar-refractivity contribution in [2.75, 3.05) is 7.11 Å². The van der Waals surface area contributed by atoms with Gasteiger partial charge in [-0.3, -0.25) is 0 Å². The van der Waals surface area contributed by atoms with Crippen molar-refractivity contribution >= 4 is 57.1 Å². The van der Waals surface area contributed by atoms with Crippen molar-refractivity contribution in [1.29, 1.82) is 0 Å². The molecular formula is C17H10BrCl2NO3. The first kappa shape index (κ1) is 17.0. The van der Waals surface area contributed by atoms with Crippen molar-refractivity contribution in [3.8, 4) is 5.75 Å².